The molecule has 8 heteroatoms. The fourth-order valence-corrected chi connectivity index (χ4v) is 5.16. The molecule has 0 saturated carbocycles. The predicted octanol–water partition coefficient (Wildman–Crippen LogP) is 2.88. The Hall–Kier alpha value is -1.41. The summed E-state index contributed by atoms with van der Waals surface area (Å²) in [6, 6.07) is 7.93. The number of piperazine rings is 1. The van der Waals surface area contributed by atoms with Crippen molar-refractivity contribution >= 4 is 21.6 Å². The Morgan fingerprint density at radius 3 is 2.35 bits per heavy atom. The standard InChI is InChI=1S/C18H24ClN3O3S/c1-14-18(15(2)25-20-14)26(23,24)22-12-10-21(11-13-22)9-3-4-16-5-7-17(19)8-6-16/h5-8H,3-4,9-13H2,1-2H3. The molecule has 3 rings (SSSR count). The van der Waals surface area contributed by atoms with Gasteiger partial charge in [0.1, 0.15) is 10.6 Å². The Bertz CT molecular complexity index is 822. The normalized spacial score (nSPS) is 16.9. The second-order valence-electron chi connectivity index (χ2n) is 6.63. The van der Waals surface area contributed by atoms with Crippen molar-refractivity contribution in [2.24, 2.45) is 0 Å². The Morgan fingerprint density at radius 1 is 1.12 bits per heavy atom. The molecule has 0 aliphatic carbocycles. The first-order valence-corrected chi connectivity index (χ1v) is 10.6. The molecule has 0 radical (unpaired) electrons. The van der Waals surface area contributed by atoms with Gasteiger partial charge in [-0.2, -0.15) is 4.31 Å². The fourth-order valence-electron chi connectivity index (χ4n) is 3.32. The van der Waals surface area contributed by atoms with Crippen molar-refractivity contribution in [2.75, 3.05) is 32.7 Å². The molecule has 26 heavy (non-hydrogen) atoms. The van der Waals surface area contributed by atoms with Gasteiger partial charge in [-0.15, -0.1) is 0 Å². The lowest BCUT2D eigenvalue weighted by molar-refractivity contribution is 0.186. The van der Waals surface area contributed by atoms with Crippen LogP contribution < -0.4 is 0 Å². The Morgan fingerprint density at radius 2 is 1.77 bits per heavy atom. The average Bonchev–Trinajstić information content (AvgIpc) is 2.96. The lowest BCUT2D eigenvalue weighted by Gasteiger charge is -2.33. The monoisotopic (exact) mass is 397 g/mol. The third-order valence-corrected chi connectivity index (χ3v) is 7.15. The molecule has 1 aliphatic heterocycles. The number of aromatic nitrogens is 1. The molecule has 1 aliphatic rings. The summed E-state index contributed by atoms with van der Waals surface area (Å²) in [5.74, 6) is 0.355. The molecule has 142 valence electrons. The number of rotatable bonds is 6. The Balaban J connectivity index is 1.50. The van der Waals surface area contributed by atoms with Gasteiger partial charge < -0.3 is 9.42 Å². The third kappa shape index (κ3) is 4.28. The molecule has 1 aromatic carbocycles. The maximum absolute atomic E-state index is 12.8. The number of hydrogen-bond donors (Lipinski definition) is 0. The van der Waals surface area contributed by atoms with E-state index in [0.29, 0.717) is 24.5 Å². The zero-order valence-corrected chi connectivity index (χ0v) is 16.7. The van der Waals surface area contributed by atoms with E-state index in [1.807, 2.05) is 12.1 Å². The summed E-state index contributed by atoms with van der Waals surface area (Å²) < 4.78 is 32.2. The van der Waals surface area contributed by atoms with Gasteiger partial charge in [-0.25, -0.2) is 8.42 Å². The van der Waals surface area contributed by atoms with E-state index in [2.05, 4.69) is 22.2 Å². The van der Waals surface area contributed by atoms with Gasteiger partial charge in [0.15, 0.2) is 5.76 Å². The minimum Gasteiger partial charge on any atom is -0.360 e. The Kier molecular flexibility index (Phi) is 6.02. The molecule has 0 bridgehead atoms. The first-order chi connectivity index (χ1) is 12.4. The van der Waals surface area contributed by atoms with Gasteiger partial charge in [0, 0.05) is 31.2 Å². The molecule has 2 aromatic rings. The van der Waals surface area contributed by atoms with Crippen LogP contribution >= 0.6 is 11.6 Å². The van der Waals surface area contributed by atoms with Crippen LogP contribution in [0.2, 0.25) is 5.02 Å². The van der Waals surface area contributed by atoms with Crippen molar-refractivity contribution in [1.82, 2.24) is 14.4 Å². The van der Waals surface area contributed by atoms with Gasteiger partial charge in [-0.05, 0) is 50.9 Å². The zero-order valence-electron chi connectivity index (χ0n) is 15.1. The quantitative estimate of drug-likeness (QED) is 0.749. The highest BCUT2D eigenvalue weighted by Crippen LogP contribution is 2.24. The first kappa shape index (κ1) is 19.4. The molecule has 1 fully saturated rings. The third-order valence-electron chi connectivity index (χ3n) is 4.75. The first-order valence-electron chi connectivity index (χ1n) is 8.78. The van der Waals surface area contributed by atoms with Crippen LogP contribution in [0.4, 0.5) is 0 Å². The smallest absolute Gasteiger partial charge is 0.248 e. The minimum atomic E-state index is -3.53. The maximum atomic E-state index is 12.8. The highest BCUT2D eigenvalue weighted by atomic mass is 35.5. The maximum Gasteiger partial charge on any atom is 0.248 e. The van der Waals surface area contributed by atoms with Crippen LogP contribution in [0.3, 0.4) is 0 Å². The van der Waals surface area contributed by atoms with E-state index < -0.39 is 10.0 Å². The van der Waals surface area contributed by atoms with Crippen molar-refractivity contribution in [1.29, 1.82) is 0 Å². The van der Waals surface area contributed by atoms with E-state index in [0.717, 1.165) is 37.5 Å². The van der Waals surface area contributed by atoms with Gasteiger partial charge in [-0.3, -0.25) is 0 Å². The van der Waals surface area contributed by atoms with Gasteiger partial charge in [0.05, 0.1) is 0 Å². The fraction of sp³-hybridized carbons (Fsp3) is 0.500. The van der Waals surface area contributed by atoms with E-state index in [1.165, 1.54) is 9.87 Å². The van der Waals surface area contributed by atoms with Gasteiger partial charge in [0.25, 0.3) is 0 Å². The number of nitrogens with zero attached hydrogens (tertiary/aromatic N) is 3. The topological polar surface area (TPSA) is 66.7 Å². The molecule has 0 spiro atoms. The van der Waals surface area contributed by atoms with Crippen molar-refractivity contribution < 1.29 is 12.9 Å². The molecule has 0 atom stereocenters. The van der Waals surface area contributed by atoms with E-state index in [4.69, 9.17) is 16.1 Å². The van der Waals surface area contributed by atoms with Crippen molar-refractivity contribution in [2.45, 2.75) is 31.6 Å². The van der Waals surface area contributed by atoms with Crippen molar-refractivity contribution in [3.05, 3.63) is 46.3 Å². The molecular weight excluding hydrogens is 374 g/mol. The number of hydrogen-bond acceptors (Lipinski definition) is 5. The van der Waals surface area contributed by atoms with Crippen LogP contribution in [-0.2, 0) is 16.4 Å². The lowest BCUT2D eigenvalue weighted by atomic mass is 10.1. The highest BCUT2D eigenvalue weighted by Gasteiger charge is 2.33. The number of benzene rings is 1. The largest absolute Gasteiger partial charge is 0.360 e. The number of halogens is 1. The average molecular weight is 398 g/mol. The summed E-state index contributed by atoms with van der Waals surface area (Å²) in [6.07, 6.45) is 2.03. The van der Waals surface area contributed by atoms with Crippen LogP contribution in [0.25, 0.3) is 0 Å². The van der Waals surface area contributed by atoms with Crippen molar-refractivity contribution in [3.63, 3.8) is 0 Å². The second-order valence-corrected chi connectivity index (χ2v) is 8.94. The molecule has 2 heterocycles. The van der Waals surface area contributed by atoms with Crippen LogP contribution in [0.5, 0.6) is 0 Å². The minimum absolute atomic E-state index is 0.216. The van der Waals surface area contributed by atoms with E-state index >= 15 is 0 Å². The summed E-state index contributed by atoms with van der Waals surface area (Å²) >= 11 is 5.90. The molecular formula is C18H24ClN3O3S. The van der Waals surface area contributed by atoms with E-state index in [9.17, 15) is 8.42 Å². The molecule has 0 unspecified atom stereocenters. The molecule has 0 N–H and O–H groups in total. The molecule has 0 amide bonds. The molecule has 1 aromatic heterocycles. The van der Waals surface area contributed by atoms with E-state index in [1.54, 1.807) is 13.8 Å². The summed E-state index contributed by atoms with van der Waals surface area (Å²) in [6.45, 7) is 6.73. The number of sulfonamides is 1. The second kappa shape index (κ2) is 8.08. The van der Waals surface area contributed by atoms with E-state index in [-0.39, 0.29) is 4.90 Å². The summed E-state index contributed by atoms with van der Waals surface area (Å²) in [7, 11) is -3.53. The van der Waals surface area contributed by atoms with Crippen LogP contribution in [-0.4, -0.2) is 55.5 Å². The molecule has 1 saturated heterocycles. The van der Waals surface area contributed by atoms with Crippen LogP contribution in [0, 0.1) is 13.8 Å². The van der Waals surface area contributed by atoms with Gasteiger partial charge in [-0.1, -0.05) is 28.9 Å². The van der Waals surface area contributed by atoms with Gasteiger partial charge in [0.2, 0.25) is 10.0 Å². The number of aryl methyl sites for hydroxylation is 3. The van der Waals surface area contributed by atoms with Crippen LogP contribution in [0.1, 0.15) is 23.4 Å². The summed E-state index contributed by atoms with van der Waals surface area (Å²) in [4.78, 5) is 2.53. The van der Waals surface area contributed by atoms with Crippen LogP contribution in [0.15, 0.2) is 33.7 Å². The SMILES string of the molecule is Cc1noc(C)c1S(=O)(=O)N1CCN(CCCc2ccc(Cl)cc2)CC1. The van der Waals surface area contributed by atoms with Gasteiger partial charge >= 0.3 is 0 Å². The zero-order chi connectivity index (χ0) is 18.7. The summed E-state index contributed by atoms with van der Waals surface area (Å²) in [5, 5.41) is 4.52. The Labute approximate surface area is 159 Å². The predicted molar refractivity (Wildman–Crippen MR) is 101 cm³/mol. The highest BCUT2D eigenvalue weighted by molar-refractivity contribution is 7.89. The van der Waals surface area contributed by atoms with Crippen molar-refractivity contribution in [3.8, 4) is 0 Å². The summed E-state index contributed by atoms with van der Waals surface area (Å²) in [5.41, 5.74) is 1.70. The molecule has 6 nitrogen and oxygen atoms in total. The lowest BCUT2D eigenvalue weighted by Crippen LogP contribution is -2.48.